The Hall–Kier alpha value is -1.28. The molecule has 0 atom stereocenters. The summed E-state index contributed by atoms with van der Waals surface area (Å²) >= 11 is 4.87. The average molecular weight is 284 g/mol. The summed E-state index contributed by atoms with van der Waals surface area (Å²) in [5, 5.41) is 3.33. The number of aromatic nitrogens is 1. The summed E-state index contributed by atoms with van der Waals surface area (Å²) in [6.07, 6.45) is 1.77. The van der Waals surface area contributed by atoms with E-state index in [0.717, 1.165) is 11.3 Å². The summed E-state index contributed by atoms with van der Waals surface area (Å²) in [5.41, 5.74) is 4.20. The van der Waals surface area contributed by atoms with Crippen molar-refractivity contribution < 1.29 is 9.47 Å². The molecule has 0 aliphatic rings. The molecule has 1 rings (SSSR count). The highest BCUT2D eigenvalue weighted by Gasteiger charge is 2.16. The number of nitrogens with zero attached hydrogens (tertiary/aromatic N) is 1. The molecule has 19 heavy (non-hydrogen) atoms. The molecule has 7 heteroatoms. The van der Waals surface area contributed by atoms with Crippen LogP contribution in [0.2, 0.25) is 0 Å². The van der Waals surface area contributed by atoms with Crippen molar-refractivity contribution in [1.82, 2.24) is 15.7 Å². The van der Waals surface area contributed by atoms with E-state index < -0.39 is 5.79 Å². The van der Waals surface area contributed by atoms with Gasteiger partial charge in [-0.3, -0.25) is 4.98 Å². The maximum Gasteiger partial charge on any atom is 0.180 e. The van der Waals surface area contributed by atoms with Crippen LogP contribution in [0.15, 0.2) is 18.3 Å². The molecule has 0 saturated carbocycles. The fraction of sp³-hybridized carbons (Fsp3) is 0.500. The van der Waals surface area contributed by atoms with Gasteiger partial charge in [0.2, 0.25) is 0 Å². The molecule has 6 nitrogen and oxygen atoms in total. The van der Waals surface area contributed by atoms with Crippen molar-refractivity contribution in [2.24, 2.45) is 5.84 Å². The number of hydrogen-bond acceptors (Lipinski definition) is 5. The first-order chi connectivity index (χ1) is 8.96. The topological polar surface area (TPSA) is 81.4 Å². The molecule has 1 aromatic heterocycles. The molecule has 0 saturated heterocycles. The Morgan fingerprint density at radius 2 is 2.21 bits per heavy atom. The molecule has 0 spiro atoms. The number of hydrazine groups is 1. The van der Waals surface area contributed by atoms with Gasteiger partial charge < -0.3 is 20.2 Å². The number of methoxy groups -OCH3 is 1. The summed E-state index contributed by atoms with van der Waals surface area (Å²) in [7, 11) is 1.61. The number of ether oxygens (including phenoxy) is 2. The van der Waals surface area contributed by atoms with E-state index in [1.165, 1.54) is 0 Å². The third-order valence-corrected chi connectivity index (χ3v) is 2.79. The minimum Gasteiger partial charge on any atom is -0.358 e. The number of hydrogen-bond donors (Lipinski definition) is 3. The van der Waals surface area contributed by atoms with Gasteiger partial charge in [0.15, 0.2) is 10.9 Å². The zero-order chi connectivity index (χ0) is 14.3. The zero-order valence-corrected chi connectivity index (χ0v) is 12.2. The van der Waals surface area contributed by atoms with Crippen molar-refractivity contribution in [3.63, 3.8) is 0 Å². The van der Waals surface area contributed by atoms with Gasteiger partial charge >= 0.3 is 0 Å². The van der Waals surface area contributed by atoms with E-state index in [9.17, 15) is 0 Å². The highest BCUT2D eigenvalue weighted by Crippen LogP contribution is 2.12. The second-order valence-electron chi connectivity index (χ2n) is 4.38. The van der Waals surface area contributed by atoms with Crippen LogP contribution in [-0.2, 0) is 22.6 Å². The van der Waals surface area contributed by atoms with Gasteiger partial charge in [-0.15, -0.1) is 0 Å². The van der Waals surface area contributed by atoms with Gasteiger partial charge in [0.05, 0.1) is 12.3 Å². The third kappa shape index (κ3) is 5.93. The second kappa shape index (κ2) is 7.34. The van der Waals surface area contributed by atoms with Gasteiger partial charge in [-0.2, -0.15) is 0 Å². The van der Waals surface area contributed by atoms with Crippen LogP contribution in [0.5, 0.6) is 0 Å². The van der Waals surface area contributed by atoms with E-state index in [1.54, 1.807) is 13.3 Å². The van der Waals surface area contributed by atoms with E-state index in [0.29, 0.717) is 18.3 Å². The molecule has 0 radical (unpaired) electrons. The van der Waals surface area contributed by atoms with E-state index in [1.807, 2.05) is 26.0 Å². The second-order valence-corrected chi connectivity index (χ2v) is 4.79. The smallest absolute Gasteiger partial charge is 0.180 e. The predicted molar refractivity (Wildman–Crippen MR) is 76.9 cm³/mol. The van der Waals surface area contributed by atoms with Gasteiger partial charge in [-0.05, 0) is 37.7 Å². The molecule has 0 aliphatic heterocycles. The molecule has 0 aromatic carbocycles. The maximum absolute atomic E-state index is 5.57. The number of nitrogens with one attached hydrogen (secondary N) is 2. The molecule has 4 N–H and O–H groups in total. The number of nitrogens with two attached hydrogens (primary N) is 1. The number of rotatable bonds is 6. The van der Waals surface area contributed by atoms with Crippen LogP contribution in [0.25, 0.3) is 0 Å². The van der Waals surface area contributed by atoms with Crippen LogP contribution in [0.4, 0.5) is 0 Å². The van der Waals surface area contributed by atoms with E-state index in [4.69, 9.17) is 27.5 Å². The summed E-state index contributed by atoms with van der Waals surface area (Å²) in [6.45, 7) is 4.68. The summed E-state index contributed by atoms with van der Waals surface area (Å²) in [4.78, 5) is 4.30. The van der Waals surface area contributed by atoms with Crippen molar-refractivity contribution in [3.05, 3.63) is 29.6 Å². The van der Waals surface area contributed by atoms with Crippen molar-refractivity contribution >= 4 is 17.3 Å². The Morgan fingerprint density at radius 1 is 1.47 bits per heavy atom. The Bertz CT molecular complexity index is 409. The molecule has 1 heterocycles. The molecular weight excluding hydrogens is 264 g/mol. The fourth-order valence-corrected chi connectivity index (χ4v) is 1.26. The molecule has 1 aromatic rings. The van der Waals surface area contributed by atoms with E-state index >= 15 is 0 Å². The van der Waals surface area contributed by atoms with Gasteiger partial charge in [-0.1, -0.05) is 6.07 Å². The lowest BCUT2D eigenvalue weighted by molar-refractivity contribution is -0.204. The van der Waals surface area contributed by atoms with Gasteiger partial charge in [0.1, 0.15) is 0 Å². The molecule has 0 aliphatic carbocycles. The minimum atomic E-state index is -0.610. The number of thiocarbonyl (C=S) groups is 1. The van der Waals surface area contributed by atoms with Gasteiger partial charge in [0, 0.05) is 19.9 Å². The van der Waals surface area contributed by atoms with Crippen LogP contribution in [0, 0.1) is 0 Å². The Morgan fingerprint density at radius 3 is 2.74 bits per heavy atom. The lowest BCUT2D eigenvalue weighted by atomic mass is 10.2. The highest BCUT2D eigenvalue weighted by molar-refractivity contribution is 7.80. The third-order valence-electron chi connectivity index (χ3n) is 2.53. The Balaban J connectivity index is 2.45. The van der Waals surface area contributed by atoms with Crippen LogP contribution in [0.1, 0.15) is 25.1 Å². The molecule has 106 valence electrons. The fourth-order valence-electron chi connectivity index (χ4n) is 1.19. The Labute approximate surface area is 118 Å². The normalized spacial score (nSPS) is 11.2. The Kier molecular flexibility index (Phi) is 6.10. The first kappa shape index (κ1) is 15.8. The SMILES string of the molecule is COC(C)(C)OCc1ccc(CNC(=S)NN)cn1. The van der Waals surface area contributed by atoms with Crippen molar-refractivity contribution in [1.29, 1.82) is 0 Å². The molecule has 0 bridgehead atoms. The average Bonchev–Trinajstić information content (AvgIpc) is 2.43. The lowest BCUT2D eigenvalue weighted by Crippen LogP contribution is -2.39. The first-order valence-electron chi connectivity index (χ1n) is 5.84. The van der Waals surface area contributed by atoms with E-state index in [2.05, 4.69) is 15.7 Å². The molecule has 0 unspecified atom stereocenters. The van der Waals surface area contributed by atoms with Crippen molar-refractivity contribution in [2.45, 2.75) is 32.8 Å². The zero-order valence-electron chi connectivity index (χ0n) is 11.4. The standard InChI is InChI=1S/C12H20N4O2S/c1-12(2,17-3)18-8-10-5-4-9(6-14-10)7-15-11(19)16-13/h4-6H,7-8,13H2,1-3H3,(H2,15,16,19). The van der Waals surface area contributed by atoms with Crippen molar-refractivity contribution in [3.8, 4) is 0 Å². The van der Waals surface area contributed by atoms with Crippen LogP contribution >= 0.6 is 12.2 Å². The molecule has 0 fully saturated rings. The minimum absolute atomic E-state index is 0.397. The highest BCUT2D eigenvalue weighted by atomic mass is 32.1. The van der Waals surface area contributed by atoms with Gasteiger partial charge in [0.25, 0.3) is 0 Å². The first-order valence-corrected chi connectivity index (χ1v) is 6.25. The quantitative estimate of drug-likeness (QED) is 0.309. The number of pyridine rings is 1. The lowest BCUT2D eigenvalue weighted by Gasteiger charge is -2.23. The molecule has 0 amide bonds. The summed E-state index contributed by atoms with van der Waals surface area (Å²) in [6, 6.07) is 3.86. The van der Waals surface area contributed by atoms with Crippen LogP contribution in [0.3, 0.4) is 0 Å². The maximum atomic E-state index is 5.57. The monoisotopic (exact) mass is 284 g/mol. The van der Waals surface area contributed by atoms with Gasteiger partial charge in [-0.25, -0.2) is 5.84 Å². The van der Waals surface area contributed by atoms with Crippen LogP contribution < -0.4 is 16.6 Å². The summed E-state index contributed by atoms with van der Waals surface area (Å²) in [5.74, 6) is 4.55. The molecular formula is C12H20N4O2S. The predicted octanol–water partition coefficient (Wildman–Crippen LogP) is 0.819. The van der Waals surface area contributed by atoms with Crippen LogP contribution in [-0.4, -0.2) is 23.0 Å². The van der Waals surface area contributed by atoms with Crippen molar-refractivity contribution in [2.75, 3.05) is 7.11 Å². The van der Waals surface area contributed by atoms with E-state index in [-0.39, 0.29) is 0 Å². The summed E-state index contributed by atoms with van der Waals surface area (Å²) < 4.78 is 10.7. The largest absolute Gasteiger partial charge is 0.358 e.